The molecule has 4 aromatic rings. The maximum atomic E-state index is 15.5. The number of amides is 15. The lowest BCUT2D eigenvalue weighted by atomic mass is 9.86. The van der Waals surface area contributed by atoms with Gasteiger partial charge in [0, 0.05) is 68.5 Å². The van der Waals surface area contributed by atoms with Crippen LogP contribution in [0.25, 0.3) is 10.9 Å². The second-order valence-electron chi connectivity index (χ2n) is 34.2. The highest BCUT2D eigenvalue weighted by atomic mass is 16.4. The Hall–Kier alpha value is -12.4. The minimum absolute atomic E-state index is 0.0343. The van der Waals surface area contributed by atoms with Gasteiger partial charge in [-0.2, -0.15) is 0 Å². The predicted octanol–water partition coefficient (Wildman–Crippen LogP) is 2.05. The number of primary amides is 1. The van der Waals surface area contributed by atoms with Crippen molar-refractivity contribution >= 4 is 118 Å². The standard InChI is InChI=1S/C90H130N16O21/c1-50(2)42-61-47-72(111)66(36-38-73(91)112)99-79(118)55(8)96-82(121)71(46-62-48-92-65-31-25-24-30-64(62)65)101-83(122)69(45-60-32-34-63(110)35-33-60)100-81(120)67(37-39-74(113)114)103-88(127)90(13,106-85(124)70(44-59-28-22-21-23-29-59)102-86(125)75(57(10)108)104-84(123)68(43-51(3)4)98-58(11)109)41-27-20-18-16-14-15-17-19-26-40-89(12,105-80(61)119)87(126)97-56(9)78(117)95-54(7)77(116)94-53(6)76(115)93-52(5)49-107/h15,17,21-25,28-35,48-57,61,66-71,75,92,108,110H,14,16,18-20,26-27,36-47H2,1-13H3,(H2,91,112)(H,93,115)(H,94,116)(H,95,117)(H,96,121)(H,97,126)(H,98,109)(H,99,118)(H,100,120)(H,101,122)(H,102,125)(H,103,127)(H,104,123)(H,105,119)(H,106,124)(H,113,114)/t52-,53-,54-,55-,56-,57+,61+,66-,67-,68-,69-,70-,71-,75-,89-,90+/m0/s1. The number of fused-ring (bicyclic) bond motifs is 1. The number of Topliss-reactive ketones (excluding diaryl/α,β-unsaturated/α-hetero) is 1. The lowest BCUT2D eigenvalue weighted by Crippen LogP contribution is -2.65. The van der Waals surface area contributed by atoms with Gasteiger partial charge in [-0.3, -0.25) is 81.5 Å². The first-order valence-electron chi connectivity index (χ1n) is 43.3. The summed E-state index contributed by atoms with van der Waals surface area (Å²) >= 11 is 0. The second kappa shape index (κ2) is 51.2. The average molecular weight is 1770 g/mol. The van der Waals surface area contributed by atoms with Crippen molar-refractivity contribution in [3.05, 3.63) is 114 Å². The number of aliphatic hydroxyl groups is 1. The number of aromatic amines is 1. The number of nitrogens with two attached hydrogens (primary N) is 1. The van der Waals surface area contributed by atoms with Crippen molar-refractivity contribution in [1.82, 2.24) is 79.4 Å². The number of aldehydes is 1. The van der Waals surface area contributed by atoms with Crippen LogP contribution in [0, 0.1) is 17.8 Å². The minimum Gasteiger partial charge on any atom is -0.508 e. The normalized spacial score (nSPS) is 22.1. The maximum absolute atomic E-state index is 15.5. The van der Waals surface area contributed by atoms with Crippen molar-refractivity contribution in [2.45, 2.75) is 302 Å². The predicted molar refractivity (Wildman–Crippen MR) is 470 cm³/mol. The number of phenolic OH excluding ortho intramolecular Hbond substituents is 1. The Kier molecular flexibility index (Phi) is 42.4. The van der Waals surface area contributed by atoms with Gasteiger partial charge in [-0.1, -0.05) is 120 Å². The number of aliphatic carboxylic acids is 1. The van der Waals surface area contributed by atoms with Gasteiger partial charge < -0.3 is 105 Å². The second-order valence-corrected chi connectivity index (χ2v) is 34.2. The summed E-state index contributed by atoms with van der Waals surface area (Å²) in [5, 5.41) is 68.9. The Bertz CT molecular complexity index is 4520. The largest absolute Gasteiger partial charge is 0.508 e. The number of H-pyrrole nitrogens is 1. The molecule has 0 bridgehead atoms. The Labute approximate surface area is 740 Å². The SMILES string of the molecule is CC(=O)N[C@@H](CC(C)C)C(=O)N[C@H](C(=O)N[C@@H](Cc1ccccc1)C(=O)N[C@]1(C)CCCCCCC=CCCC[C@@](C)(C(=O)N[C@@H](C)C(=O)N[C@@H](C)C(=O)N[C@@H](C)C(=O)N[C@@H](C)C=O)NC(=O)[C@H](CC(C)C)CC(=O)[C@H](CCC(N)=O)NC(=O)[C@H](C)NC(=O)[C@H](Cc2c[nH]c3ccccc23)NC(=O)[C@H](Cc2ccc(O)cc2)NC(=O)[C@H](CCC(=O)O)NC1=O)[C@@H](C)O. The number of ketones is 1. The van der Waals surface area contributed by atoms with Crippen LogP contribution in [-0.4, -0.2) is 217 Å². The topological polar surface area (TPSA) is 578 Å². The van der Waals surface area contributed by atoms with Gasteiger partial charge in [0.25, 0.3) is 0 Å². The molecular weight excluding hydrogens is 1640 g/mol. The van der Waals surface area contributed by atoms with Gasteiger partial charge in [0.1, 0.15) is 83.5 Å². The van der Waals surface area contributed by atoms with Crippen LogP contribution in [0.15, 0.2) is 97.2 Å². The van der Waals surface area contributed by atoms with E-state index in [2.05, 4.69) is 79.4 Å². The third kappa shape index (κ3) is 35.5. The van der Waals surface area contributed by atoms with E-state index in [1.807, 2.05) is 12.2 Å². The summed E-state index contributed by atoms with van der Waals surface area (Å²) in [6.07, 6.45) is 3.12. The van der Waals surface area contributed by atoms with Crippen LogP contribution in [-0.2, 0) is 106 Å². The van der Waals surface area contributed by atoms with Crippen molar-refractivity contribution in [1.29, 1.82) is 0 Å². The number of rotatable bonds is 33. The number of benzene rings is 3. The van der Waals surface area contributed by atoms with Crippen LogP contribution in [0.5, 0.6) is 5.75 Å². The molecule has 2 heterocycles. The molecule has 0 unspecified atom stereocenters. The lowest BCUT2D eigenvalue weighted by Gasteiger charge is -2.34. The molecule has 696 valence electrons. The van der Waals surface area contributed by atoms with E-state index >= 15 is 24.0 Å². The van der Waals surface area contributed by atoms with Gasteiger partial charge >= 0.3 is 5.97 Å². The molecule has 37 heteroatoms. The van der Waals surface area contributed by atoms with E-state index in [1.165, 1.54) is 86.6 Å². The van der Waals surface area contributed by atoms with Crippen LogP contribution in [0.1, 0.15) is 209 Å². The summed E-state index contributed by atoms with van der Waals surface area (Å²) < 4.78 is 0. The molecule has 3 aromatic carbocycles. The van der Waals surface area contributed by atoms with Crippen LogP contribution in [0.3, 0.4) is 0 Å². The molecule has 0 aliphatic carbocycles. The van der Waals surface area contributed by atoms with E-state index in [0.717, 1.165) is 0 Å². The van der Waals surface area contributed by atoms with E-state index in [0.29, 0.717) is 66.0 Å². The molecule has 0 saturated carbocycles. The number of carboxylic acid groups (broad SMARTS) is 1. The Morgan fingerprint density at radius 3 is 1.72 bits per heavy atom. The highest BCUT2D eigenvalue weighted by Crippen LogP contribution is 2.26. The zero-order chi connectivity index (χ0) is 94.6. The number of hydrogen-bond acceptors (Lipinski definition) is 20. The van der Waals surface area contributed by atoms with Crippen LogP contribution < -0.4 is 80.2 Å². The summed E-state index contributed by atoms with van der Waals surface area (Å²) in [6, 6.07) is 3.50. The van der Waals surface area contributed by atoms with Crippen molar-refractivity contribution in [2.24, 2.45) is 23.5 Å². The Morgan fingerprint density at radius 2 is 1.12 bits per heavy atom. The monoisotopic (exact) mass is 1770 g/mol. The molecule has 15 amide bonds. The van der Waals surface area contributed by atoms with Gasteiger partial charge in [0.2, 0.25) is 88.6 Å². The molecule has 0 spiro atoms. The number of aliphatic hydroxyl groups excluding tert-OH is 1. The molecule has 0 saturated heterocycles. The maximum Gasteiger partial charge on any atom is 0.303 e. The summed E-state index contributed by atoms with van der Waals surface area (Å²) in [7, 11) is 0. The molecule has 37 nitrogen and oxygen atoms in total. The third-order valence-corrected chi connectivity index (χ3v) is 21.7. The van der Waals surface area contributed by atoms with Gasteiger partial charge in [-0.15, -0.1) is 0 Å². The van der Waals surface area contributed by atoms with Gasteiger partial charge in [-0.25, -0.2) is 0 Å². The van der Waals surface area contributed by atoms with Gasteiger partial charge in [0.15, 0.2) is 5.78 Å². The fraction of sp³-hybridized carbons (Fsp3) is 0.556. The highest BCUT2D eigenvalue weighted by Gasteiger charge is 2.43. The summed E-state index contributed by atoms with van der Waals surface area (Å²) in [5.41, 5.74) is 3.64. The van der Waals surface area contributed by atoms with Crippen LogP contribution >= 0.6 is 0 Å². The quantitative estimate of drug-likeness (QED) is 0.0240. The van der Waals surface area contributed by atoms with Crippen LogP contribution in [0.2, 0.25) is 0 Å². The van der Waals surface area contributed by atoms with Gasteiger partial charge in [0.05, 0.1) is 18.2 Å². The van der Waals surface area contributed by atoms with E-state index in [4.69, 9.17) is 5.73 Å². The molecule has 5 rings (SSSR count). The van der Waals surface area contributed by atoms with E-state index in [-0.39, 0.29) is 75.4 Å². The fourth-order valence-electron chi connectivity index (χ4n) is 14.4. The third-order valence-electron chi connectivity index (χ3n) is 21.7. The number of allylic oxidation sites excluding steroid dienone is 2. The van der Waals surface area contributed by atoms with Crippen molar-refractivity contribution < 1.29 is 102 Å². The zero-order valence-electron chi connectivity index (χ0n) is 74.8. The fourth-order valence-corrected chi connectivity index (χ4v) is 14.4. The molecule has 0 fully saturated rings. The summed E-state index contributed by atoms with van der Waals surface area (Å²) in [4.78, 5) is 255. The first-order chi connectivity index (χ1) is 59.8. The Balaban J connectivity index is 1.63. The van der Waals surface area contributed by atoms with Crippen molar-refractivity contribution in [2.75, 3.05) is 0 Å². The highest BCUT2D eigenvalue weighted by molar-refractivity contribution is 6.02. The number of nitrogens with one attached hydrogen (secondary N) is 15. The molecule has 0 radical (unpaired) electrons. The average Bonchev–Trinajstić information content (AvgIpc) is 1.80. The first-order valence-corrected chi connectivity index (χ1v) is 43.3. The lowest BCUT2D eigenvalue weighted by molar-refractivity contribution is -0.140. The number of carboxylic acids is 1. The number of aromatic hydroxyl groups is 1. The number of phenols is 1. The molecule has 20 N–H and O–H groups in total. The summed E-state index contributed by atoms with van der Waals surface area (Å²) in [6.45, 7) is 19.1. The molecule has 1 aromatic heterocycles. The van der Waals surface area contributed by atoms with Gasteiger partial charge in [-0.05, 0) is 166 Å². The number of hydrogen-bond donors (Lipinski definition) is 19. The van der Waals surface area contributed by atoms with E-state index in [9.17, 15) is 77.6 Å². The summed E-state index contributed by atoms with van der Waals surface area (Å²) in [5.74, 6) is -17.3. The van der Waals surface area contributed by atoms with E-state index < -0.39 is 228 Å². The zero-order valence-corrected chi connectivity index (χ0v) is 74.8. The molecule has 1 aliphatic heterocycles. The first kappa shape index (κ1) is 105. The van der Waals surface area contributed by atoms with E-state index in [1.54, 1.807) is 88.5 Å². The number of carbonyl (C=O) groups excluding carboxylic acids is 17. The number of para-hydroxylation sites is 1. The number of aromatic nitrogens is 1. The smallest absolute Gasteiger partial charge is 0.303 e. The Morgan fingerprint density at radius 1 is 0.551 bits per heavy atom. The molecule has 16 atom stereocenters. The molecular formula is C90H130N16O21. The molecule has 127 heavy (non-hydrogen) atoms. The van der Waals surface area contributed by atoms with Crippen LogP contribution in [0.4, 0.5) is 0 Å². The number of carbonyl (C=O) groups is 18. The molecule has 1 aliphatic rings. The minimum atomic E-state index is -2.06. The van der Waals surface area contributed by atoms with Crippen molar-refractivity contribution in [3.8, 4) is 5.75 Å². The van der Waals surface area contributed by atoms with Crippen molar-refractivity contribution in [3.63, 3.8) is 0 Å².